The van der Waals surface area contributed by atoms with Crippen LogP contribution in [0.3, 0.4) is 0 Å². The Hall–Kier alpha value is -2.40. The van der Waals surface area contributed by atoms with Gasteiger partial charge in [-0.25, -0.2) is 9.37 Å². The highest BCUT2D eigenvalue weighted by molar-refractivity contribution is 5.76. The average Bonchev–Trinajstić information content (AvgIpc) is 2.82. The summed E-state index contributed by atoms with van der Waals surface area (Å²) in [7, 11) is 1.90. The second-order valence-electron chi connectivity index (χ2n) is 5.10. The molecule has 0 radical (unpaired) electrons. The number of rotatable bonds is 4. The minimum atomic E-state index is -0.199. The van der Waals surface area contributed by atoms with Crippen molar-refractivity contribution in [3.63, 3.8) is 0 Å². The van der Waals surface area contributed by atoms with Gasteiger partial charge in [0, 0.05) is 23.9 Å². The van der Waals surface area contributed by atoms with Gasteiger partial charge in [-0.05, 0) is 25.2 Å². The summed E-state index contributed by atoms with van der Waals surface area (Å²) in [5.41, 5.74) is 8.46. The summed E-state index contributed by atoms with van der Waals surface area (Å²) >= 11 is 0. The van der Waals surface area contributed by atoms with E-state index in [1.165, 1.54) is 6.07 Å². The van der Waals surface area contributed by atoms with E-state index in [1.54, 1.807) is 24.3 Å². The highest BCUT2D eigenvalue weighted by Gasteiger charge is 2.10. The van der Waals surface area contributed by atoms with Crippen molar-refractivity contribution < 1.29 is 8.81 Å². The van der Waals surface area contributed by atoms with Crippen LogP contribution in [0, 0.1) is 5.82 Å². The normalized spacial score (nSPS) is 11.4. The molecule has 0 saturated carbocycles. The largest absolute Gasteiger partial charge is 0.439 e. The molecule has 0 unspecified atom stereocenters. The zero-order valence-electron chi connectivity index (χ0n) is 11.7. The molecule has 0 atom stereocenters. The van der Waals surface area contributed by atoms with Crippen LogP contribution in [0.15, 0.2) is 46.9 Å². The lowest BCUT2D eigenvalue weighted by Crippen LogP contribution is -2.18. The Morgan fingerprint density at radius 2 is 2.00 bits per heavy atom. The monoisotopic (exact) mass is 285 g/mol. The maximum Gasteiger partial charge on any atom is 0.209 e. The summed E-state index contributed by atoms with van der Waals surface area (Å²) in [6, 6.07) is 12.1. The highest BCUT2D eigenvalue weighted by atomic mass is 19.1. The van der Waals surface area contributed by atoms with E-state index in [1.807, 2.05) is 24.1 Å². The number of fused-ring (bicyclic) bond motifs is 1. The molecule has 0 aliphatic carbocycles. The van der Waals surface area contributed by atoms with Crippen LogP contribution < -0.4 is 5.73 Å². The molecule has 5 heteroatoms. The molecule has 0 aliphatic rings. The van der Waals surface area contributed by atoms with Gasteiger partial charge in [-0.15, -0.1) is 0 Å². The molecular weight excluding hydrogens is 269 g/mol. The summed E-state index contributed by atoms with van der Waals surface area (Å²) in [5, 5.41) is 0. The Kier molecular flexibility index (Phi) is 3.58. The standard InChI is InChI=1S/C16H16FN3O/c1-20(9-11-4-2-3-5-13(11)17)10-16-19-14-7-6-12(18)8-15(14)21-16/h2-8H,9-10,18H2,1H3. The number of nitrogens with zero attached hydrogens (tertiary/aromatic N) is 2. The molecule has 3 rings (SSSR count). The first-order valence-electron chi connectivity index (χ1n) is 6.69. The van der Waals surface area contributed by atoms with E-state index < -0.39 is 0 Å². The van der Waals surface area contributed by atoms with Crippen LogP contribution in [0.25, 0.3) is 11.1 Å². The van der Waals surface area contributed by atoms with Crippen LogP contribution in [0.4, 0.5) is 10.1 Å². The molecule has 4 nitrogen and oxygen atoms in total. The van der Waals surface area contributed by atoms with Crippen LogP contribution in [-0.4, -0.2) is 16.9 Å². The Bertz CT molecular complexity index is 769. The minimum absolute atomic E-state index is 0.199. The summed E-state index contributed by atoms with van der Waals surface area (Å²) in [4.78, 5) is 6.35. The lowest BCUT2D eigenvalue weighted by Gasteiger charge is -2.14. The highest BCUT2D eigenvalue weighted by Crippen LogP contribution is 2.19. The number of nitrogen functional groups attached to an aromatic ring is 1. The van der Waals surface area contributed by atoms with Crippen LogP contribution in [-0.2, 0) is 13.1 Å². The van der Waals surface area contributed by atoms with Crippen molar-refractivity contribution in [1.29, 1.82) is 0 Å². The van der Waals surface area contributed by atoms with Crippen molar-refractivity contribution in [2.24, 2.45) is 0 Å². The molecule has 3 aromatic rings. The average molecular weight is 285 g/mol. The number of anilines is 1. The van der Waals surface area contributed by atoms with Crippen molar-refractivity contribution in [3.8, 4) is 0 Å². The Balaban J connectivity index is 1.74. The second-order valence-corrected chi connectivity index (χ2v) is 5.10. The van der Waals surface area contributed by atoms with Gasteiger partial charge in [0.05, 0.1) is 6.54 Å². The van der Waals surface area contributed by atoms with Crippen molar-refractivity contribution in [1.82, 2.24) is 9.88 Å². The number of hydrogen-bond donors (Lipinski definition) is 1. The predicted molar refractivity (Wildman–Crippen MR) is 80.0 cm³/mol. The van der Waals surface area contributed by atoms with Gasteiger partial charge < -0.3 is 10.2 Å². The number of hydrogen-bond acceptors (Lipinski definition) is 4. The van der Waals surface area contributed by atoms with E-state index in [9.17, 15) is 4.39 Å². The molecule has 0 aliphatic heterocycles. The molecule has 1 heterocycles. The Labute approximate surface area is 122 Å². The maximum absolute atomic E-state index is 13.6. The first-order valence-corrected chi connectivity index (χ1v) is 6.69. The fourth-order valence-electron chi connectivity index (χ4n) is 2.26. The number of oxazole rings is 1. The van der Waals surface area contributed by atoms with Gasteiger partial charge in [0.25, 0.3) is 0 Å². The van der Waals surface area contributed by atoms with Gasteiger partial charge >= 0.3 is 0 Å². The van der Waals surface area contributed by atoms with Crippen molar-refractivity contribution in [2.75, 3.05) is 12.8 Å². The molecule has 2 aromatic carbocycles. The van der Waals surface area contributed by atoms with Crippen LogP contribution >= 0.6 is 0 Å². The zero-order chi connectivity index (χ0) is 14.8. The molecular formula is C16H16FN3O. The number of aromatic nitrogens is 1. The van der Waals surface area contributed by atoms with Crippen LogP contribution in [0.5, 0.6) is 0 Å². The van der Waals surface area contributed by atoms with E-state index in [0.29, 0.717) is 35.8 Å². The molecule has 0 spiro atoms. The fourth-order valence-corrected chi connectivity index (χ4v) is 2.26. The zero-order valence-corrected chi connectivity index (χ0v) is 11.7. The van der Waals surface area contributed by atoms with Crippen molar-refractivity contribution in [2.45, 2.75) is 13.1 Å². The lowest BCUT2D eigenvalue weighted by molar-refractivity contribution is 0.281. The topological polar surface area (TPSA) is 55.3 Å². The van der Waals surface area contributed by atoms with Crippen LogP contribution in [0.1, 0.15) is 11.5 Å². The number of nitrogens with two attached hydrogens (primary N) is 1. The molecule has 0 amide bonds. The third-order valence-corrected chi connectivity index (χ3v) is 3.26. The van der Waals surface area contributed by atoms with Crippen LogP contribution in [0.2, 0.25) is 0 Å². The third-order valence-electron chi connectivity index (χ3n) is 3.26. The molecule has 0 bridgehead atoms. The minimum Gasteiger partial charge on any atom is -0.439 e. The molecule has 1 aromatic heterocycles. The number of benzene rings is 2. The number of halogens is 1. The van der Waals surface area contributed by atoms with Gasteiger partial charge in [0.1, 0.15) is 11.3 Å². The summed E-state index contributed by atoms with van der Waals surface area (Å²) < 4.78 is 19.3. The van der Waals surface area contributed by atoms with Gasteiger partial charge in [-0.3, -0.25) is 4.90 Å². The smallest absolute Gasteiger partial charge is 0.209 e. The molecule has 108 valence electrons. The van der Waals surface area contributed by atoms with Gasteiger partial charge in [0.2, 0.25) is 5.89 Å². The summed E-state index contributed by atoms with van der Waals surface area (Å²) in [6.07, 6.45) is 0. The van der Waals surface area contributed by atoms with Crippen molar-refractivity contribution >= 4 is 16.8 Å². The quantitative estimate of drug-likeness (QED) is 0.748. The van der Waals surface area contributed by atoms with Crippen molar-refractivity contribution in [3.05, 3.63) is 59.7 Å². The first kappa shape index (κ1) is 13.6. The molecule has 0 fully saturated rings. The van der Waals surface area contributed by atoms with Gasteiger partial charge in [-0.1, -0.05) is 18.2 Å². The van der Waals surface area contributed by atoms with Gasteiger partial charge in [0.15, 0.2) is 5.58 Å². The fraction of sp³-hybridized carbons (Fsp3) is 0.188. The summed E-state index contributed by atoms with van der Waals surface area (Å²) in [5.74, 6) is 0.393. The Morgan fingerprint density at radius 3 is 2.81 bits per heavy atom. The predicted octanol–water partition coefficient (Wildman–Crippen LogP) is 3.18. The molecule has 21 heavy (non-hydrogen) atoms. The molecule has 0 saturated heterocycles. The van der Waals surface area contributed by atoms with Gasteiger partial charge in [-0.2, -0.15) is 0 Å². The second kappa shape index (κ2) is 5.54. The third kappa shape index (κ3) is 3.03. The van der Waals surface area contributed by atoms with E-state index in [2.05, 4.69) is 4.98 Å². The van der Waals surface area contributed by atoms with E-state index >= 15 is 0 Å². The van der Waals surface area contributed by atoms with E-state index in [4.69, 9.17) is 10.2 Å². The molecule has 2 N–H and O–H groups in total. The van der Waals surface area contributed by atoms with E-state index in [0.717, 1.165) is 5.52 Å². The lowest BCUT2D eigenvalue weighted by atomic mass is 10.2. The first-order chi connectivity index (χ1) is 10.1. The maximum atomic E-state index is 13.6. The van der Waals surface area contributed by atoms with E-state index in [-0.39, 0.29) is 5.82 Å². The Morgan fingerprint density at radius 1 is 1.19 bits per heavy atom. The summed E-state index contributed by atoms with van der Waals surface area (Å²) in [6.45, 7) is 0.996. The SMILES string of the molecule is CN(Cc1nc2ccc(N)cc2o1)Cc1ccccc1F.